The lowest BCUT2D eigenvalue weighted by atomic mass is 10.1. The Hall–Kier alpha value is -3.15. The van der Waals surface area contributed by atoms with Crippen LogP contribution in [0.3, 0.4) is 0 Å². The van der Waals surface area contributed by atoms with Gasteiger partial charge in [-0.3, -0.25) is 4.79 Å². The van der Waals surface area contributed by atoms with E-state index in [-0.39, 0.29) is 5.43 Å². The summed E-state index contributed by atoms with van der Waals surface area (Å²) in [4.78, 5) is 12.6. The van der Waals surface area contributed by atoms with E-state index < -0.39 is 0 Å². The minimum absolute atomic E-state index is 0.203. The van der Waals surface area contributed by atoms with Gasteiger partial charge >= 0.3 is 0 Å². The highest BCUT2D eigenvalue weighted by Gasteiger charge is 2.15. The van der Waals surface area contributed by atoms with Crippen molar-refractivity contribution in [2.24, 2.45) is 0 Å². The number of hydrogen-bond donors (Lipinski definition) is 0. The summed E-state index contributed by atoms with van der Waals surface area (Å²) >= 11 is 0. The Bertz CT molecular complexity index is 974. The summed E-state index contributed by atoms with van der Waals surface area (Å²) in [5.74, 6) is 2.50. The second-order valence-electron chi connectivity index (χ2n) is 5.25. The van der Waals surface area contributed by atoms with Crippen molar-refractivity contribution < 1.29 is 23.4 Å². The fraction of sp³-hybridized carbons (Fsp3) is 0.286. The van der Waals surface area contributed by atoms with Gasteiger partial charge in [0.25, 0.3) is 0 Å². The van der Waals surface area contributed by atoms with Gasteiger partial charge in [-0.05, 0) is 18.2 Å². The molecule has 27 heavy (non-hydrogen) atoms. The van der Waals surface area contributed by atoms with Crippen molar-refractivity contribution in [3.63, 3.8) is 0 Å². The van der Waals surface area contributed by atoms with E-state index in [0.29, 0.717) is 45.3 Å². The van der Waals surface area contributed by atoms with Crippen LogP contribution in [0.2, 0.25) is 0 Å². The predicted octanol–water partition coefficient (Wildman–Crippen LogP) is 4.52. The van der Waals surface area contributed by atoms with Crippen molar-refractivity contribution in [3.05, 3.63) is 46.6 Å². The Kier molecular flexibility index (Phi) is 6.71. The molecule has 0 radical (unpaired) electrons. The number of methoxy groups -OCH3 is 4. The van der Waals surface area contributed by atoms with Gasteiger partial charge in [-0.2, -0.15) is 0 Å². The van der Waals surface area contributed by atoms with Crippen LogP contribution in [0.15, 0.2) is 45.6 Å². The van der Waals surface area contributed by atoms with E-state index in [1.807, 2.05) is 13.8 Å². The molecular weight excluding hydrogens is 348 g/mol. The fourth-order valence-corrected chi connectivity index (χ4v) is 2.64. The zero-order valence-corrected chi connectivity index (χ0v) is 16.4. The first-order chi connectivity index (χ1) is 13.1. The first-order valence-electron chi connectivity index (χ1n) is 8.53. The summed E-state index contributed by atoms with van der Waals surface area (Å²) in [6.45, 7) is 4.00. The molecule has 6 heteroatoms. The first kappa shape index (κ1) is 20.2. The van der Waals surface area contributed by atoms with Gasteiger partial charge < -0.3 is 23.4 Å². The van der Waals surface area contributed by atoms with Crippen LogP contribution in [0.4, 0.5) is 0 Å². The van der Waals surface area contributed by atoms with Crippen LogP contribution >= 0.6 is 0 Å². The van der Waals surface area contributed by atoms with Gasteiger partial charge in [-0.1, -0.05) is 13.8 Å². The summed E-state index contributed by atoms with van der Waals surface area (Å²) in [6, 6.07) is 10.0. The van der Waals surface area contributed by atoms with E-state index in [9.17, 15) is 4.79 Å². The summed E-state index contributed by atoms with van der Waals surface area (Å²) in [5.41, 5.74) is 0.873. The van der Waals surface area contributed by atoms with Gasteiger partial charge in [0.1, 0.15) is 28.2 Å². The molecule has 0 bridgehead atoms. The van der Waals surface area contributed by atoms with E-state index in [0.717, 1.165) is 0 Å². The molecule has 0 unspecified atom stereocenters. The standard InChI is InChI=1S/C19H18O6.C2H6/c1-21-12-8-17(24-4)19-13(20)10-15(25-18(19)9-12)11-5-6-14(22-2)16(7-11)23-3;1-2/h5-10H,1-4H3;1-2H3. The molecular formula is C21H24O6. The van der Waals surface area contributed by atoms with Gasteiger partial charge in [0.05, 0.1) is 28.4 Å². The molecule has 2 aromatic carbocycles. The van der Waals surface area contributed by atoms with Gasteiger partial charge in [-0.25, -0.2) is 0 Å². The summed E-state index contributed by atoms with van der Waals surface area (Å²) in [7, 11) is 6.15. The van der Waals surface area contributed by atoms with Crippen LogP contribution in [0.1, 0.15) is 13.8 Å². The van der Waals surface area contributed by atoms with Crippen LogP contribution < -0.4 is 24.4 Å². The zero-order chi connectivity index (χ0) is 20.0. The van der Waals surface area contributed by atoms with Crippen molar-refractivity contribution in [1.29, 1.82) is 0 Å². The van der Waals surface area contributed by atoms with E-state index in [1.54, 1.807) is 44.6 Å². The molecule has 0 fully saturated rings. The highest BCUT2D eigenvalue weighted by molar-refractivity contribution is 5.86. The molecule has 1 heterocycles. The predicted molar refractivity (Wildman–Crippen MR) is 105 cm³/mol. The topological polar surface area (TPSA) is 67.1 Å². The molecule has 3 aromatic rings. The highest BCUT2D eigenvalue weighted by atomic mass is 16.5. The van der Waals surface area contributed by atoms with Gasteiger partial charge in [0.15, 0.2) is 16.9 Å². The normalized spacial score (nSPS) is 10.0. The second-order valence-corrected chi connectivity index (χ2v) is 5.25. The minimum atomic E-state index is -0.203. The monoisotopic (exact) mass is 372 g/mol. The average Bonchev–Trinajstić information content (AvgIpc) is 2.73. The number of hydrogen-bond acceptors (Lipinski definition) is 6. The van der Waals surface area contributed by atoms with Crippen LogP contribution in [-0.2, 0) is 0 Å². The van der Waals surface area contributed by atoms with Crippen molar-refractivity contribution in [2.75, 3.05) is 28.4 Å². The maximum atomic E-state index is 12.6. The molecule has 3 rings (SSSR count). The largest absolute Gasteiger partial charge is 0.496 e. The third-order valence-corrected chi connectivity index (χ3v) is 3.89. The van der Waals surface area contributed by atoms with E-state index in [2.05, 4.69) is 0 Å². The molecule has 0 amide bonds. The molecule has 0 atom stereocenters. The minimum Gasteiger partial charge on any atom is -0.496 e. The molecule has 144 valence electrons. The Morgan fingerprint density at radius 3 is 2.00 bits per heavy atom. The van der Waals surface area contributed by atoms with Gasteiger partial charge in [0.2, 0.25) is 0 Å². The maximum absolute atomic E-state index is 12.6. The summed E-state index contributed by atoms with van der Waals surface area (Å²) in [5, 5.41) is 0.368. The SMILES string of the molecule is CC.COc1cc(OC)c2c(=O)cc(-c3ccc(OC)c(OC)c3)oc2c1. The summed E-state index contributed by atoms with van der Waals surface area (Å²) < 4.78 is 27.0. The van der Waals surface area contributed by atoms with Crippen LogP contribution in [0.5, 0.6) is 23.0 Å². The molecule has 0 aliphatic rings. The Balaban J connectivity index is 0.00000126. The highest BCUT2D eigenvalue weighted by Crippen LogP contribution is 2.35. The van der Waals surface area contributed by atoms with Crippen LogP contribution in [-0.4, -0.2) is 28.4 Å². The molecule has 0 saturated heterocycles. The Labute approximate surface area is 158 Å². The number of rotatable bonds is 5. The van der Waals surface area contributed by atoms with Gasteiger partial charge in [0, 0.05) is 23.8 Å². The lowest BCUT2D eigenvalue weighted by Gasteiger charge is -2.11. The third-order valence-electron chi connectivity index (χ3n) is 3.89. The summed E-state index contributed by atoms with van der Waals surface area (Å²) in [6.07, 6.45) is 0. The molecule has 0 spiro atoms. The number of ether oxygens (including phenoxy) is 4. The maximum Gasteiger partial charge on any atom is 0.197 e. The molecule has 0 aliphatic carbocycles. The third kappa shape index (κ3) is 4.00. The molecule has 0 saturated carbocycles. The molecule has 0 N–H and O–H groups in total. The number of fused-ring (bicyclic) bond motifs is 1. The smallest absolute Gasteiger partial charge is 0.197 e. The van der Waals surface area contributed by atoms with Crippen molar-refractivity contribution in [3.8, 4) is 34.3 Å². The molecule has 1 aromatic heterocycles. The fourth-order valence-electron chi connectivity index (χ4n) is 2.64. The van der Waals surface area contributed by atoms with Gasteiger partial charge in [-0.15, -0.1) is 0 Å². The Morgan fingerprint density at radius 2 is 1.41 bits per heavy atom. The van der Waals surface area contributed by atoms with E-state index in [4.69, 9.17) is 23.4 Å². The number of benzene rings is 2. The second kappa shape index (κ2) is 8.98. The Morgan fingerprint density at radius 1 is 0.741 bits per heavy atom. The lowest BCUT2D eigenvalue weighted by Crippen LogP contribution is -2.03. The molecule has 6 nitrogen and oxygen atoms in total. The van der Waals surface area contributed by atoms with Crippen LogP contribution in [0, 0.1) is 0 Å². The van der Waals surface area contributed by atoms with E-state index >= 15 is 0 Å². The van der Waals surface area contributed by atoms with Crippen molar-refractivity contribution in [2.45, 2.75) is 13.8 Å². The lowest BCUT2D eigenvalue weighted by molar-refractivity contribution is 0.355. The average molecular weight is 372 g/mol. The van der Waals surface area contributed by atoms with Crippen LogP contribution in [0.25, 0.3) is 22.3 Å². The first-order valence-corrected chi connectivity index (χ1v) is 8.53. The van der Waals surface area contributed by atoms with E-state index in [1.165, 1.54) is 20.3 Å². The van der Waals surface area contributed by atoms with Crippen molar-refractivity contribution in [1.82, 2.24) is 0 Å². The molecule has 0 aliphatic heterocycles. The quantitative estimate of drug-likeness (QED) is 0.656. The zero-order valence-electron chi connectivity index (χ0n) is 16.4. The van der Waals surface area contributed by atoms with Crippen molar-refractivity contribution >= 4 is 11.0 Å².